The van der Waals surface area contributed by atoms with E-state index >= 15 is 0 Å². The molecule has 0 bridgehead atoms. The van der Waals surface area contributed by atoms with Crippen LogP contribution in [0.4, 0.5) is 15.8 Å². The molecule has 2 N–H and O–H groups in total. The van der Waals surface area contributed by atoms with Crippen molar-refractivity contribution in [2.24, 2.45) is 5.92 Å². The van der Waals surface area contributed by atoms with Gasteiger partial charge in [0.05, 0.1) is 16.7 Å². The lowest BCUT2D eigenvalue weighted by Gasteiger charge is -2.16. The average Bonchev–Trinajstić information content (AvgIpc) is 2.79. The standard InChI is InChI=1S/C26H27Cl2FN2O3/c1-4-33-24-13-17(14-30-18-8-10-19(11-9-18)31-26(32)16(2)3)12-22(28)25(24)34-15-20-21(27)6-5-7-23(20)29/h5-13,16,30H,4,14-15H2,1-3H3,(H,31,32). The van der Waals surface area contributed by atoms with Crippen molar-refractivity contribution >= 4 is 40.5 Å². The number of carbonyl (C=O) groups excluding carboxylic acids is 1. The van der Waals surface area contributed by atoms with E-state index in [-0.39, 0.29) is 29.0 Å². The van der Waals surface area contributed by atoms with Crippen molar-refractivity contribution in [3.8, 4) is 11.5 Å². The summed E-state index contributed by atoms with van der Waals surface area (Å²) in [7, 11) is 0. The Bertz CT molecular complexity index is 1120. The highest BCUT2D eigenvalue weighted by Gasteiger charge is 2.15. The van der Waals surface area contributed by atoms with E-state index in [1.54, 1.807) is 12.1 Å². The van der Waals surface area contributed by atoms with E-state index < -0.39 is 5.82 Å². The zero-order valence-corrected chi connectivity index (χ0v) is 20.8. The molecule has 0 aromatic heterocycles. The topological polar surface area (TPSA) is 59.6 Å². The van der Waals surface area contributed by atoms with Gasteiger partial charge in [-0.3, -0.25) is 4.79 Å². The predicted molar refractivity (Wildman–Crippen MR) is 136 cm³/mol. The van der Waals surface area contributed by atoms with Crippen LogP contribution in [0.25, 0.3) is 0 Å². The van der Waals surface area contributed by atoms with Gasteiger partial charge in [0.25, 0.3) is 0 Å². The van der Waals surface area contributed by atoms with E-state index in [9.17, 15) is 9.18 Å². The van der Waals surface area contributed by atoms with Gasteiger partial charge in [-0.05, 0) is 61.0 Å². The lowest BCUT2D eigenvalue weighted by Crippen LogP contribution is -2.17. The van der Waals surface area contributed by atoms with Gasteiger partial charge in [-0.15, -0.1) is 0 Å². The maximum absolute atomic E-state index is 14.1. The van der Waals surface area contributed by atoms with E-state index in [1.807, 2.05) is 51.1 Å². The van der Waals surface area contributed by atoms with Crippen LogP contribution in [0.3, 0.4) is 0 Å². The minimum Gasteiger partial charge on any atom is -0.490 e. The minimum atomic E-state index is -0.447. The molecule has 0 fully saturated rings. The molecule has 0 aliphatic carbocycles. The van der Waals surface area contributed by atoms with Gasteiger partial charge in [-0.1, -0.05) is 43.1 Å². The van der Waals surface area contributed by atoms with Gasteiger partial charge in [0.2, 0.25) is 5.91 Å². The summed E-state index contributed by atoms with van der Waals surface area (Å²) in [6, 6.07) is 15.5. The van der Waals surface area contributed by atoms with E-state index in [1.165, 1.54) is 12.1 Å². The van der Waals surface area contributed by atoms with E-state index in [0.29, 0.717) is 29.7 Å². The first-order valence-electron chi connectivity index (χ1n) is 10.9. The number of nitrogens with one attached hydrogen (secondary N) is 2. The van der Waals surface area contributed by atoms with Gasteiger partial charge in [0.15, 0.2) is 11.5 Å². The Morgan fingerprint density at radius 1 is 1.00 bits per heavy atom. The van der Waals surface area contributed by atoms with Crippen LogP contribution in [0.15, 0.2) is 54.6 Å². The van der Waals surface area contributed by atoms with Gasteiger partial charge in [0.1, 0.15) is 12.4 Å². The van der Waals surface area contributed by atoms with E-state index in [0.717, 1.165) is 16.9 Å². The first kappa shape index (κ1) is 25.7. The summed E-state index contributed by atoms with van der Waals surface area (Å²) in [5.41, 5.74) is 2.75. The molecule has 1 amide bonds. The molecule has 0 aliphatic heterocycles. The summed E-state index contributed by atoms with van der Waals surface area (Å²) in [5, 5.41) is 6.81. The monoisotopic (exact) mass is 504 g/mol. The molecule has 3 aromatic rings. The maximum atomic E-state index is 14.1. The van der Waals surface area contributed by atoms with Gasteiger partial charge in [-0.25, -0.2) is 4.39 Å². The van der Waals surface area contributed by atoms with Crippen molar-refractivity contribution in [3.05, 3.63) is 81.6 Å². The normalized spacial score (nSPS) is 10.8. The second-order valence-corrected chi connectivity index (χ2v) is 8.72. The Morgan fingerprint density at radius 2 is 1.71 bits per heavy atom. The van der Waals surface area contributed by atoms with Crippen molar-refractivity contribution in [2.75, 3.05) is 17.2 Å². The summed E-state index contributed by atoms with van der Waals surface area (Å²) in [6.07, 6.45) is 0. The number of benzene rings is 3. The van der Waals surface area contributed by atoms with Crippen molar-refractivity contribution in [3.63, 3.8) is 0 Å². The first-order valence-corrected chi connectivity index (χ1v) is 11.7. The third kappa shape index (κ3) is 6.78. The van der Waals surface area contributed by atoms with Crippen LogP contribution in [-0.2, 0) is 17.9 Å². The Morgan fingerprint density at radius 3 is 2.35 bits per heavy atom. The van der Waals surface area contributed by atoms with Crippen molar-refractivity contribution in [2.45, 2.75) is 33.9 Å². The Labute approximate surface area is 209 Å². The summed E-state index contributed by atoms with van der Waals surface area (Å²) >= 11 is 12.6. The summed E-state index contributed by atoms with van der Waals surface area (Å²) in [5.74, 6) is 0.233. The number of anilines is 2. The largest absolute Gasteiger partial charge is 0.490 e. The fourth-order valence-corrected chi connectivity index (χ4v) is 3.61. The molecule has 180 valence electrons. The number of carbonyl (C=O) groups is 1. The number of ether oxygens (including phenoxy) is 2. The second kappa shape index (κ2) is 12.0. The number of rotatable bonds is 10. The highest BCUT2D eigenvalue weighted by molar-refractivity contribution is 6.32. The highest BCUT2D eigenvalue weighted by atomic mass is 35.5. The van der Waals surface area contributed by atoms with Crippen LogP contribution in [0.1, 0.15) is 31.9 Å². The maximum Gasteiger partial charge on any atom is 0.226 e. The first-order chi connectivity index (χ1) is 16.3. The third-order valence-electron chi connectivity index (χ3n) is 4.97. The van der Waals surface area contributed by atoms with Crippen LogP contribution < -0.4 is 20.1 Å². The molecular weight excluding hydrogens is 478 g/mol. The van der Waals surface area contributed by atoms with E-state index in [2.05, 4.69) is 10.6 Å². The zero-order chi connectivity index (χ0) is 24.7. The van der Waals surface area contributed by atoms with Gasteiger partial charge in [0, 0.05) is 29.4 Å². The summed E-state index contributed by atoms with van der Waals surface area (Å²) < 4.78 is 25.6. The molecule has 0 saturated heterocycles. The van der Waals surface area contributed by atoms with Crippen molar-refractivity contribution in [1.29, 1.82) is 0 Å². The molecule has 0 unspecified atom stereocenters. The molecule has 34 heavy (non-hydrogen) atoms. The van der Waals surface area contributed by atoms with Crippen LogP contribution in [-0.4, -0.2) is 12.5 Å². The van der Waals surface area contributed by atoms with Crippen LogP contribution in [0, 0.1) is 11.7 Å². The van der Waals surface area contributed by atoms with E-state index in [4.69, 9.17) is 32.7 Å². The summed E-state index contributed by atoms with van der Waals surface area (Å²) in [4.78, 5) is 11.8. The van der Waals surface area contributed by atoms with Gasteiger partial charge in [-0.2, -0.15) is 0 Å². The molecule has 3 rings (SSSR count). The molecule has 8 heteroatoms. The SMILES string of the molecule is CCOc1cc(CNc2ccc(NC(=O)C(C)C)cc2)cc(Cl)c1OCc1c(F)cccc1Cl. The van der Waals surface area contributed by atoms with Crippen LogP contribution in [0.2, 0.25) is 10.0 Å². The fraction of sp³-hybridized carbons (Fsp3) is 0.269. The third-order valence-corrected chi connectivity index (χ3v) is 5.60. The molecule has 0 spiro atoms. The molecule has 0 heterocycles. The highest BCUT2D eigenvalue weighted by Crippen LogP contribution is 2.38. The molecule has 0 saturated carbocycles. The molecule has 5 nitrogen and oxygen atoms in total. The number of hydrogen-bond donors (Lipinski definition) is 2. The van der Waals surface area contributed by atoms with Crippen LogP contribution >= 0.6 is 23.2 Å². The lowest BCUT2D eigenvalue weighted by atomic mass is 10.1. The quantitative estimate of drug-likeness (QED) is 0.303. The van der Waals surface area contributed by atoms with Crippen molar-refractivity contribution < 1.29 is 18.7 Å². The molecule has 0 aliphatic rings. The molecule has 0 radical (unpaired) electrons. The molecule has 0 atom stereocenters. The minimum absolute atomic E-state index is 0.0293. The number of halogens is 3. The Hall–Kier alpha value is -2.96. The fourth-order valence-electron chi connectivity index (χ4n) is 3.10. The van der Waals surface area contributed by atoms with Gasteiger partial charge < -0.3 is 20.1 Å². The smallest absolute Gasteiger partial charge is 0.226 e. The van der Waals surface area contributed by atoms with Crippen molar-refractivity contribution in [1.82, 2.24) is 0 Å². The molecular formula is C26H27Cl2FN2O3. The summed E-state index contributed by atoms with van der Waals surface area (Å²) in [6.45, 7) is 6.36. The zero-order valence-electron chi connectivity index (χ0n) is 19.3. The van der Waals surface area contributed by atoms with Gasteiger partial charge >= 0.3 is 0 Å². The Kier molecular flexibility index (Phi) is 9.02. The average molecular weight is 505 g/mol. The lowest BCUT2D eigenvalue weighted by molar-refractivity contribution is -0.118. The molecule has 3 aromatic carbocycles. The predicted octanol–water partition coefficient (Wildman–Crippen LogP) is 7.32. The van der Waals surface area contributed by atoms with Crippen LogP contribution in [0.5, 0.6) is 11.5 Å². The number of hydrogen-bond acceptors (Lipinski definition) is 4. The Balaban J connectivity index is 1.69. The number of amides is 1. The second-order valence-electron chi connectivity index (χ2n) is 7.90.